The Bertz CT molecular complexity index is 314. The molecule has 0 aliphatic heterocycles. The zero-order valence-electron chi connectivity index (χ0n) is 10.4. The van der Waals surface area contributed by atoms with Crippen LogP contribution in [0.1, 0.15) is 51.7 Å². The van der Waals surface area contributed by atoms with Gasteiger partial charge >= 0.3 is 0 Å². The molecule has 0 bridgehead atoms. The third kappa shape index (κ3) is 3.79. The molecule has 0 spiro atoms. The van der Waals surface area contributed by atoms with Crippen LogP contribution in [-0.4, -0.2) is 21.4 Å². The zero-order valence-corrected chi connectivity index (χ0v) is 11.3. The summed E-state index contributed by atoms with van der Waals surface area (Å²) in [7, 11) is 0. The predicted octanol–water partition coefficient (Wildman–Crippen LogP) is 2.55. The normalized spacial score (nSPS) is 17.1. The van der Waals surface area contributed by atoms with Crippen LogP contribution >= 0.6 is 11.8 Å². The van der Waals surface area contributed by atoms with Gasteiger partial charge in [-0.3, -0.25) is 0 Å². The SMILES string of the molecule is CCC(C)SCc1noc(C(C)C(C)N)n1. The molecule has 0 saturated heterocycles. The summed E-state index contributed by atoms with van der Waals surface area (Å²) in [5.41, 5.74) is 5.79. The van der Waals surface area contributed by atoms with Gasteiger partial charge in [-0.2, -0.15) is 16.7 Å². The van der Waals surface area contributed by atoms with E-state index in [-0.39, 0.29) is 12.0 Å². The highest BCUT2D eigenvalue weighted by molar-refractivity contribution is 7.99. The first kappa shape index (κ1) is 13.5. The van der Waals surface area contributed by atoms with Crippen molar-refractivity contribution in [1.82, 2.24) is 10.1 Å². The van der Waals surface area contributed by atoms with Gasteiger partial charge in [-0.25, -0.2) is 0 Å². The maximum absolute atomic E-state index is 5.79. The maximum atomic E-state index is 5.79. The van der Waals surface area contributed by atoms with E-state index in [1.54, 1.807) is 0 Å². The lowest BCUT2D eigenvalue weighted by molar-refractivity contribution is 0.344. The summed E-state index contributed by atoms with van der Waals surface area (Å²) in [5.74, 6) is 2.35. The van der Waals surface area contributed by atoms with Crippen molar-refractivity contribution in [3.05, 3.63) is 11.7 Å². The first-order valence-corrected chi connectivity index (χ1v) is 6.79. The molecule has 16 heavy (non-hydrogen) atoms. The number of hydrogen-bond acceptors (Lipinski definition) is 5. The van der Waals surface area contributed by atoms with Crippen molar-refractivity contribution in [3.8, 4) is 0 Å². The Morgan fingerprint density at radius 1 is 1.38 bits per heavy atom. The number of aromatic nitrogens is 2. The van der Waals surface area contributed by atoms with Gasteiger partial charge in [0.25, 0.3) is 0 Å². The molecule has 1 aromatic rings. The fourth-order valence-electron chi connectivity index (χ4n) is 1.07. The maximum Gasteiger partial charge on any atom is 0.231 e. The summed E-state index contributed by atoms with van der Waals surface area (Å²) >= 11 is 1.85. The zero-order chi connectivity index (χ0) is 12.1. The smallest absolute Gasteiger partial charge is 0.231 e. The minimum atomic E-state index is 0.0375. The highest BCUT2D eigenvalue weighted by Crippen LogP contribution is 2.20. The Balaban J connectivity index is 2.51. The molecule has 3 unspecified atom stereocenters. The van der Waals surface area contributed by atoms with Crippen LogP contribution in [0.3, 0.4) is 0 Å². The topological polar surface area (TPSA) is 64.9 Å². The highest BCUT2D eigenvalue weighted by Gasteiger charge is 2.17. The Hall–Kier alpha value is -0.550. The predicted molar refractivity (Wildman–Crippen MR) is 67.4 cm³/mol. The number of nitrogens with two attached hydrogens (primary N) is 1. The average Bonchev–Trinajstić information content (AvgIpc) is 2.73. The van der Waals surface area contributed by atoms with Gasteiger partial charge in [0, 0.05) is 11.3 Å². The van der Waals surface area contributed by atoms with E-state index in [4.69, 9.17) is 10.3 Å². The average molecular weight is 243 g/mol. The summed E-state index contributed by atoms with van der Waals surface area (Å²) in [6.45, 7) is 8.33. The van der Waals surface area contributed by atoms with Crippen LogP contribution in [0.5, 0.6) is 0 Å². The van der Waals surface area contributed by atoms with E-state index >= 15 is 0 Å². The Labute approximate surface area is 101 Å². The van der Waals surface area contributed by atoms with Crippen molar-refractivity contribution in [2.45, 2.75) is 57.1 Å². The Kier molecular flexibility index (Phi) is 5.28. The van der Waals surface area contributed by atoms with Gasteiger partial charge in [0.1, 0.15) is 0 Å². The van der Waals surface area contributed by atoms with Crippen molar-refractivity contribution >= 4 is 11.8 Å². The second-order valence-corrected chi connectivity index (χ2v) is 5.65. The van der Waals surface area contributed by atoms with Gasteiger partial charge in [-0.05, 0) is 13.3 Å². The molecular formula is C11H21N3OS. The minimum Gasteiger partial charge on any atom is -0.339 e. The molecule has 0 amide bonds. The Morgan fingerprint density at radius 3 is 2.62 bits per heavy atom. The van der Waals surface area contributed by atoms with Gasteiger partial charge in [-0.1, -0.05) is 25.9 Å². The first-order chi connectivity index (χ1) is 7.54. The first-order valence-electron chi connectivity index (χ1n) is 5.74. The molecule has 92 valence electrons. The lowest BCUT2D eigenvalue weighted by Crippen LogP contribution is -2.22. The standard InChI is InChI=1S/C11H21N3OS/c1-5-7(2)16-6-10-13-11(15-14-10)8(3)9(4)12/h7-9H,5-6,12H2,1-4H3. The molecule has 1 aromatic heterocycles. The quantitative estimate of drug-likeness (QED) is 0.831. The van der Waals surface area contributed by atoms with Crippen LogP contribution in [0.25, 0.3) is 0 Å². The largest absolute Gasteiger partial charge is 0.339 e. The molecule has 3 atom stereocenters. The van der Waals surface area contributed by atoms with Crippen LogP contribution in [0.2, 0.25) is 0 Å². The number of rotatable bonds is 6. The molecule has 0 saturated carbocycles. The van der Waals surface area contributed by atoms with Crippen molar-refractivity contribution in [2.75, 3.05) is 0 Å². The molecule has 1 rings (SSSR count). The molecule has 0 fully saturated rings. The van der Waals surface area contributed by atoms with Gasteiger partial charge in [0.15, 0.2) is 5.82 Å². The summed E-state index contributed by atoms with van der Waals surface area (Å²) in [6.07, 6.45) is 1.16. The van der Waals surface area contributed by atoms with E-state index in [2.05, 4.69) is 24.0 Å². The van der Waals surface area contributed by atoms with Gasteiger partial charge < -0.3 is 10.3 Å². The number of thioether (sulfide) groups is 1. The molecule has 4 nitrogen and oxygen atoms in total. The highest BCUT2D eigenvalue weighted by atomic mass is 32.2. The van der Waals surface area contributed by atoms with Crippen LogP contribution in [0.4, 0.5) is 0 Å². The van der Waals surface area contributed by atoms with Crippen LogP contribution < -0.4 is 5.73 Å². The van der Waals surface area contributed by atoms with E-state index in [9.17, 15) is 0 Å². The number of hydrogen-bond donors (Lipinski definition) is 1. The van der Waals surface area contributed by atoms with E-state index in [0.29, 0.717) is 11.1 Å². The van der Waals surface area contributed by atoms with Gasteiger partial charge in [0.05, 0.1) is 11.7 Å². The lowest BCUT2D eigenvalue weighted by Gasteiger charge is -2.09. The molecule has 0 radical (unpaired) electrons. The van der Waals surface area contributed by atoms with Crippen LogP contribution in [0, 0.1) is 0 Å². The van der Waals surface area contributed by atoms with E-state index in [1.165, 1.54) is 0 Å². The second kappa shape index (κ2) is 6.25. The molecule has 0 aromatic carbocycles. The van der Waals surface area contributed by atoms with Crippen molar-refractivity contribution in [3.63, 3.8) is 0 Å². The van der Waals surface area contributed by atoms with Crippen molar-refractivity contribution < 1.29 is 4.52 Å². The minimum absolute atomic E-state index is 0.0375. The van der Waals surface area contributed by atoms with Gasteiger partial charge in [0.2, 0.25) is 5.89 Å². The molecular weight excluding hydrogens is 222 g/mol. The van der Waals surface area contributed by atoms with Crippen LogP contribution in [0.15, 0.2) is 4.52 Å². The third-order valence-electron chi connectivity index (χ3n) is 2.73. The molecule has 0 aliphatic carbocycles. The molecule has 0 aliphatic rings. The van der Waals surface area contributed by atoms with Gasteiger partial charge in [-0.15, -0.1) is 0 Å². The molecule has 1 heterocycles. The third-order valence-corrected chi connectivity index (χ3v) is 4.06. The Morgan fingerprint density at radius 2 is 2.06 bits per heavy atom. The summed E-state index contributed by atoms with van der Waals surface area (Å²) in [5, 5.41) is 4.60. The van der Waals surface area contributed by atoms with E-state index in [1.807, 2.05) is 25.6 Å². The van der Waals surface area contributed by atoms with Crippen LogP contribution in [-0.2, 0) is 5.75 Å². The second-order valence-electron chi connectivity index (χ2n) is 4.23. The summed E-state index contributed by atoms with van der Waals surface area (Å²) < 4.78 is 5.20. The van der Waals surface area contributed by atoms with Crippen molar-refractivity contribution in [1.29, 1.82) is 0 Å². The molecule has 2 N–H and O–H groups in total. The fraction of sp³-hybridized carbons (Fsp3) is 0.818. The van der Waals surface area contributed by atoms with Crippen molar-refractivity contribution in [2.24, 2.45) is 5.73 Å². The monoisotopic (exact) mass is 243 g/mol. The molecule has 5 heteroatoms. The van der Waals surface area contributed by atoms with E-state index in [0.717, 1.165) is 18.0 Å². The van der Waals surface area contributed by atoms with E-state index < -0.39 is 0 Å². The number of nitrogens with zero attached hydrogens (tertiary/aromatic N) is 2. The fourth-order valence-corrected chi connectivity index (χ4v) is 1.86. The summed E-state index contributed by atoms with van der Waals surface area (Å²) in [6, 6.07) is 0.0375. The lowest BCUT2D eigenvalue weighted by atomic mass is 10.1. The summed E-state index contributed by atoms with van der Waals surface area (Å²) in [4.78, 5) is 4.36.